The molecule has 0 aliphatic carbocycles. The molecule has 3 heteroatoms. The lowest BCUT2D eigenvalue weighted by Crippen LogP contribution is -1.99. The highest BCUT2D eigenvalue weighted by Crippen LogP contribution is 2.24. The molecular formula is C18H21N3. The minimum Gasteiger partial charge on any atom is -0.236 e. The lowest BCUT2D eigenvalue weighted by Gasteiger charge is -2.07. The number of fused-ring (bicyclic) bond motifs is 1. The third kappa shape index (κ3) is 2.44. The van der Waals surface area contributed by atoms with Gasteiger partial charge in [0.1, 0.15) is 0 Å². The Morgan fingerprint density at radius 1 is 0.952 bits per heavy atom. The summed E-state index contributed by atoms with van der Waals surface area (Å²) in [5.41, 5.74) is 6.78. The number of hydrogen-bond donors (Lipinski definition) is 0. The highest BCUT2D eigenvalue weighted by Gasteiger charge is 2.12. The van der Waals surface area contributed by atoms with E-state index in [1.54, 1.807) is 0 Å². The highest BCUT2D eigenvalue weighted by molar-refractivity contribution is 5.80. The van der Waals surface area contributed by atoms with Gasteiger partial charge in [-0.3, -0.25) is 0 Å². The van der Waals surface area contributed by atoms with E-state index in [1.807, 2.05) is 17.8 Å². The van der Waals surface area contributed by atoms with Gasteiger partial charge in [-0.15, -0.1) is 0 Å². The van der Waals surface area contributed by atoms with Crippen LogP contribution in [0.3, 0.4) is 0 Å². The molecule has 0 aliphatic rings. The van der Waals surface area contributed by atoms with Crippen LogP contribution in [-0.4, -0.2) is 14.8 Å². The van der Waals surface area contributed by atoms with Gasteiger partial charge in [0.15, 0.2) is 5.65 Å². The van der Waals surface area contributed by atoms with Crippen LogP contribution >= 0.6 is 0 Å². The predicted octanol–water partition coefficient (Wildman–Crippen LogP) is 4.47. The molecule has 3 rings (SSSR count). The summed E-state index contributed by atoms with van der Waals surface area (Å²) in [6.45, 7) is 10.6. The number of rotatable bonds is 2. The Morgan fingerprint density at radius 3 is 2.24 bits per heavy atom. The van der Waals surface area contributed by atoms with Gasteiger partial charge in [-0.1, -0.05) is 19.9 Å². The fraction of sp³-hybridized carbons (Fsp3) is 0.333. The Kier molecular flexibility index (Phi) is 3.28. The summed E-state index contributed by atoms with van der Waals surface area (Å²) in [6, 6.07) is 8.69. The van der Waals surface area contributed by atoms with E-state index in [9.17, 15) is 0 Å². The van der Waals surface area contributed by atoms with Crippen molar-refractivity contribution in [2.75, 3.05) is 0 Å². The largest absolute Gasteiger partial charge is 0.236 e. The summed E-state index contributed by atoms with van der Waals surface area (Å²) in [5.74, 6) is 0.478. The molecule has 108 valence electrons. The van der Waals surface area contributed by atoms with Gasteiger partial charge in [0.25, 0.3) is 0 Å². The molecule has 0 bridgehead atoms. The molecule has 0 saturated carbocycles. The van der Waals surface area contributed by atoms with Gasteiger partial charge >= 0.3 is 0 Å². The van der Waals surface area contributed by atoms with Gasteiger partial charge < -0.3 is 0 Å². The molecule has 2 aromatic heterocycles. The van der Waals surface area contributed by atoms with Crippen molar-refractivity contribution in [2.45, 2.75) is 40.5 Å². The van der Waals surface area contributed by atoms with E-state index >= 15 is 0 Å². The van der Waals surface area contributed by atoms with Gasteiger partial charge in [-0.25, -0.2) is 9.67 Å². The molecule has 0 atom stereocenters. The van der Waals surface area contributed by atoms with Crippen LogP contribution in [0.15, 0.2) is 30.5 Å². The first kappa shape index (κ1) is 13.8. The highest BCUT2D eigenvalue weighted by atomic mass is 15.3. The third-order valence-electron chi connectivity index (χ3n) is 3.85. The van der Waals surface area contributed by atoms with E-state index in [0.29, 0.717) is 5.92 Å². The maximum atomic E-state index is 4.70. The quantitative estimate of drug-likeness (QED) is 0.693. The van der Waals surface area contributed by atoms with Gasteiger partial charge in [0.05, 0.1) is 11.4 Å². The minimum atomic E-state index is 0.478. The summed E-state index contributed by atoms with van der Waals surface area (Å²) >= 11 is 0. The first-order valence-electron chi connectivity index (χ1n) is 7.39. The number of pyridine rings is 1. The van der Waals surface area contributed by atoms with E-state index in [4.69, 9.17) is 5.10 Å². The Balaban J connectivity index is 2.24. The smallest absolute Gasteiger partial charge is 0.163 e. The Morgan fingerprint density at radius 2 is 1.62 bits per heavy atom. The summed E-state index contributed by atoms with van der Waals surface area (Å²) in [7, 11) is 0. The van der Waals surface area contributed by atoms with Crippen molar-refractivity contribution in [3.8, 4) is 5.69 Å². The van der Waals surface area contributed by atoms with Crippen molar-refractivity contribution in [1.29, 1.82) is 0 Å². The van der Waals surface area contributed by atoms with Gasteiger partial charge in [0, 0.05) is 11.6 Å². The molecule has 0 aliphatic heterocycles. The lowest BCUT2D eigenvalue weighted by molar-refractivity contribution is 0.855. The number of aryl methyl sites for hydroxylation is 3. The SMILES string of the molecule is Cc1cc(C)cc(-n2nc(C)c3cc(C(C)C)cnc32)c1. The van der Waals surface area contributed by atoms with Crippen LogP contribution in [0.1, 0.15) is 42.1 Å². The molecule has 3 aromatic rings. The van der Waals surface area contributed by atoms with Crippen LogP contribution in [0.4, 0.5) is 0 Å². The topological polar surface area (TPSA) is 30.7 Å². The van der Waals surface area contributed by atoms with E-state index in [0.717, 1.165) is 22.4 Å². The Labute approximate surface area is 125 Å². The molecule has 0 amide bonds. The molecule has 0 radical (unpaired) electrons. The standard InChI is InChI=1S/C18H21N3/c1-11(2)15-9-17-14(5)20-21(18(17)19-10-15)16-7-12(3)6-13(4)8-16/h6-11H,1-5H3. The maximum absolute atomic E-state index is 4.70. The summed E-state index contributed by atoms with van der Waals surface area (Å²) in [6.07, 6.45) is 1.97. The van der Waals surface area contributed by atoms with Crippen LogP contribution in [-0.2, 0) is 0 Å². The predicted molar refractivity (Wildman–Crippen MR) is 87.2 cm³/mol. The summed E-state index contributed by atoms with van der Waals surface area (Å²) in [4.78, 5) is 4.66. The summed E-state index contributed by atoms with van der Waals surface area (Å²) < 4.78 is 1.95. The van der Waals surface area contributed by atoms with Crippen LogP contribution in [0.2, 0.25) is 0 Å². The van der Waals surface area contributed by atoms with Crippen LogP contribution in [0.25, 0.3) is 16.7 Å². The number of nitrogens with zero attached hydrogens (tertiary/aromatic N) is 3. The number of hydrogen-bond acceptors (Lipinski definition) is 2. The molecule has 1 aromatic carbocycles. The molecule has 3 nitrogen and oxygen atoms in total. The second kappa shape index (κ2) is 4.99. The second-order valence-corrected chi connectivity index (χ2v) is 6.14. The maximum Gasteiger partial charge on any atom is 0.163 e. The van der Waals surface area contributed by atoms with Crippen molar-refractivity contribution in [3.63, 3.8) is 0 Å². The van der Waals surface area contributed by atoms with Crippen LogP contribution in [0.5, 0.6) is 0 Å². The van der Waals surface area contributed by atoms with E-state index in [1.165, 1.54) is 16.7 Å². The lowest BCUT2D eigenvalue weighted by atomic mass is 10.0. The molecule has 2 heterocycles. The zero-order valence-corrected chi connectivity index (χ0v) is 13.3. The van der Waals surface area contributed by atoms with Crippen molar-refractivity contribution < 1.29 is 0 Å². The second-order valence-electron chi connectivity index (χ2n) is 6.14. The van der Waals surface area contributed by atoms with Gasteiger partial charge in [0.2, 0.25) is 0 Å². The van der Waals surface area contributed by atoms with Crippen molar-refractivity contribution in [1.82, 2.24) is 14.8 Å². The zero-order valence-electron chi connectivity index (χ0n) is 13.3. The number of aromatic nitrogens is 3. The Bertz CT molecular complexity index is 792. The van der Waals surface area contributed by atoms with Crippen LogP contribution in [0, 0.1) is 20.8 Å². The fourth-order valence-electron chi connectivity index (χ4n) is 2.73. The molecule has 21 heavy (non-hydrogen) atoms. The monoisotopic (exact) mass is 279 g/mol. The molecular weight excluding hydrogens is 258 g/mol. The molecule has 0 fully saturated rings. The molecule has 0 spiro atoms. The Hall–Kier alpha value is -2.16. The first-order valence-corrected chi connectivity index (χ1v) is 7.39. The van der Waals surface area contributed by atoms with E-state index in [2.05, 4.69) is 56.9 Å². The average Bonchev–Trinajstić information content (AvgIpc) is 2.74. The first-order chi connectivity index (χ1) is 9.95. The summed E-state index contributed by atoms with van der Waals surface area (Å²) in [5, 5.41) is 5.84. The number of benzene rings is 1. The van der Waals surface area contributed by atoms with Gasteiger partial charge in [-0.2, -0.15) is 5.10 Å². The molecule has 0 N–H and O–H groups in total. The van der Waals surface area contributed by atoms with Crippen molar-refractivity contribution in [3.05, 3.63) is 52.8 Å². The average molecular weight is 279 g/mol. The van der Waals surface area contributed by atoms with Crippen molar-refractivity contribution >= 4 is 11.0 Å². The normalized spacial score (nSPS) is 11.5. The van der Waals surface area contributed by atoms with Gasteiger partial charge in [-0.05, 0) is 61.6 Å². The van der Waals surface area contributed by atoms with E-state index in [-0.39, 0.29) is 0 Å². The third-order valence-corrected chi connectivity index (χ3v) is 3.85. The van der Waals surface area contributed by atoms with Crippen molar-refractivity contribution in [2.24, 2.45) is 0 Å². The zero-order chi connectivity index (χ0) is 15.1. The minimum absolute atomic E-state index is 0.478. The molecule has 0 unspecified atom stereocenters. The molecule has 0 saturated heterocycles. The van der Waals surface area contributed by atoms with Crippen LogP contribution < -0.4 is 0 Å². The fourth-order valence-corrected chi connectivity index (χ4v) is 2.73. The van der Waals surface area contributed by atoms with E-state index < -0.39 is 0 Å².